The average molecular weight is 392 g/mol. The third-order valence-electron chi connectivity index (χ3n) is 4.59. The molecule has 2 heterocycles. The van der Waals surface area contributed by atoms with Crippen molar-refractivity contribution in [2.24, 2.45) is 11.8 Å². The molecule has 8 heteroatoms. The van der Waals surface area contributed by atoms with Gasteiger partial charge in [0.2, 0.25) is 10.0 Å². The van der Waals surface area contributed by atoms with Crippen LogP contribution in [-0.4, -0.2) is 36.9 Å². The maximum absolute atomic E-state index is 12.9. The highest BCUT2D eigenvalue weighted by Gasteiger charge is 2.31. The van der Waals surface area contributed by atoms with Crippen LogP contribution in [0.15, 0.2) is 39.8 Å². The highest BCUT2D eigenvalue weighted by molar-refractivity contribution is 7.89. The van der Waals surface area contributed by atoms with Crippen molar-refractivity contribution < 1.29 is 22.5 Å². The summed E-state index contributed by atoms with van der Waals surface area (Å²) in [6.07, 6.45) is 1.03. The number of sulfonamides is 1. The third kappa shape index (κ3) is 4.56. The lowest BCUT2D eigenvalue weighted by molar-refractivity contribution is 0.0464. The van der Waals surface area contributed by atoms with Crippen molar-refractivity contribution in [3.63, 3.8) is 0 Å². The second-order valence-electron chi connectivity index (χ2n) is 7.30. The molecule has 2 aromatic rings. The zero-order valence-corrected chi connectivity index (χ0v) is 16.5. The van der Waals surface area contributed by atoms with Crippen LogP contribution in [0.4, 0.5) is 0 Å². The van der Waals surface area contributed by atoms with Crippen molar-refractivity contribution >= 4 is 16.0 Å². The first-order valence-corrected chi connectivity index (χ1v) is 10.4. The molecule has 1 aromatic carbocycles. The van der Waals surface area contributed by atoms with Crippen molar-refractivity contribution in [3.05, 3.63) is 47.3 Å². The fraction of sp³-hybridized carbons (Fsp3) is 0.474. The molecule has 0 N–H and O–H groups in total. The maximum atomic E-state index is 12.9. The predicted molar refractivity (Wildman–Crippen MR) is 98.5 cm³/mol. The Kier molecular flexibility index (Phi) is 5.67. The van der Waals surface area contributed by atoms with Crippen molar-refractivity contribution in [3.8, 4) is 0 Å². The molecule has 1 aliphatic rings. The predicted octanol–water partition coefficient (Wildman–Crippen LogP) is 3.01. The van der Waals surface area contributed by atoms with Gasteiger partial charge < -0.3 is 9.26 Å². The average Bonchev–Trinajstić information content (AvgIpc) is 3.04. The highest BCUT2D eigenvalue weighted by Crippen LogP contribution is 2.26. The molecule has 2 atom stereocenters. The summed E-state index contributed by atoms with van der Waals surface area (Å²) in [7, 11) is -3.56. The van der Waals surface area contributed by atoms with Gasteiger partial charge in [0.25, 0.3) is 0 Å². The third-order valence-corrected chi connectivity index (χ3v) is 6.44. The van der Waals surface area contributed by atoms with Crippen LogP contribution in [0.5, 0.6) is 0 Å². The van der Waals surface area contributed by atoms with Gasteiger partial charge in [0.15, 0.2) is 0 Å². The van der Waals surface area contributed by atoms with E-state index in [-0.39, 0.29) is 17.1 Å². The Balaban J connectivity index is 1.67. The number of ether oxygens (including phenoxy) is 1. The first kappa shape index (κ1) is 19.6. The lowest BCUT2D eigenvalue weighted by Crippen LogP contribution is -2.42. The van der Waals surface area contributed by atoms with Crippen LogP contribution in [0.2, 0.25) is 0 Å². The van der Waals surface area contributed by atoms with Crippen LogP contribution >= 0.6 is 0 Å². The van der Waals surface area contributed by atoms with E-state index in [1.807, 2.05) is 0 Å². The van der Waals surface area contributed by atoms with Crippen molar-refractivity contribution in [1.82, 2.24) is 9.46 Å². The van der Waals surface area contributed by atoms with Crippen LogP contribution in [0.25, 0.3) is 0 Å². The number of aryl methyl sites for hydroxylation is 1. The quantitative estimate of drug-likeness (QED) is 0.727. The summed E-state index contributed by atoms with van der Waals surface area (Å²) < 4.78 is 37.4. The van der Waals surface area contributed by atoms with E-state index in [9.17, 15) is 13.2 Å². The first-order valence-electron chi connectivity index (χ1n) is 8.95. The standard InChI is InChI=1S/C19H24N2O5S/c1-13-8-14(2)11-21(10-13)27(23,24)18-6-4-16(5-7-18)19(22)25-12-17-9-15(3)26-20-17/h4-7,9,13-14H,8,10-12H2,1-3H3/t13-,14-/m0/s1. The number of hydrogen-bond acceptors (Lipinski definition) is 6. The number of esters is 1. The second kappa shape index (κ2) is 7.82. The van der Waals surface area contributed by atoms with Crippen LogP contribution < -0.4 is 0 Å². The van der Waals surface area contributed by atoms with Gasteiger partial charge in [0, 0.05) is 19.2 Å². The molecule has 0 radical (unpaired) electrons. The molecule has 0 unspecified atom stereocenters. The summed E-state index contributed by atoms with van der Waals surface area (Å²) in [6, 6.07) is 7.54. The van der Waals surface area contributed by atoms with Gasteiger partial charge in [-0.3, -0.25) is 0 Å². The van der Waals surface area contributed by atoms with Gasteiger partial charge in [0.05, 0.1) is 10.5 Å². The number of nitrogens with zero attached hydrogens (tertiary/aromatic N) is 2. The molecule has 0 aliphatic carbocycles. The minimum Gasteiger partial charge on any atom is -0.455 e. The molecule has 3 rings (SSSR count). The SMILES string of the molecule is Cc1cc(COC(=O)c2ccc(S(=O)(=O)N3C[C@@H](C)C[C@H](C)C3)cc2)no1. The largest absolute Gasteiger partial charge is 0.455 e. The molecule has 0 bridgehead atoms. The van der Waals surface area contributed by atoms with E-state index in [1.54, 1.807) is 13.0 Å². The molecule has 0 amide bonds. The van der Waals surface area contributed by atoms with Crippen LogP contribution in [0.1, 0.15) is 42.1 Å². The van der Waals surface area contributed by atoms with E-state index in [0.29, 0.717) is 36.4 Å². The molecule has 0 saturated carbocycles. The number of carbonyl (C=O) groups is 1. The smallest absolute Gasteiger partial charge is 0.338 e. The van der Waals surface area contributed by atoms with Gasteiger partial charge in [0.1, 0.15) is 18.1 Å². The van der Waals surface area contributed by atoms with E-state index >= 15 is 0 Å². The second-order valence-corrected chi connectivity index (χ2v) is 9.24. The van der Waals surface area contributed by atoms with Gasteiger partial charge in [-0.05, 0) is 49.4 Å². The van der Waals surface area contributed by atoms with Gasteiger partial charge in [-0.25, -0.2) is 13.2 Å². The Hall–Kier alpha value is -2.19. The molecule has 1 aliphatic heterocycles. The number of carbonyl (C=O) groups excluding carboxylic acids is 1. The van der Waals surface area contributed by atoms with Crippen LogP contribution in [0, 0.1) is 18.8 Å². The zero-order chi connectivity index (χ0) is 19.6. The molecule has 27 heavy (non-hydrogen) atoms. The van der Waals surface area contributed by atoms with Gasteiger partial charge in [-0.2, -0.15) is 4.31 Å². The topological polar surface area (TPSA) is 89.7 Å². The van der Waals surface area contributed by atoms with E-state index in [0.717, 1.165) is 6.42 Å². The Morgan fingerprint density at radius 3 is 2.41 bits per heavy atom. The summed E-state index contributed by atoms with van der Waals surface area (Å²) in [5, 5.41) is 3.75. The maximum Gasteiger partial charge on any atom is 0.338 e. The molecule has 7 nitrogen and oxygen atoms in total. The summed E-state index contributed by atoms with van der Waals surface area (Å²) in [5.41, 5.74) is 0.808. The molecule has 1 aromatic heterocycles. The summed E-state index contributed by atoms with van der Waals surface area (Å²) in [5.74, 6) is 0.757. The van der Waals surface area contributed by atoms with Gasteiger partial charge >= 0.3 is 5.97 Å². The molecule has 1 fully saturated rings. The summed E-state index contributed by atoms with van der Waals surface area (Å²) >= 11 is 0. The van der Waals surface area contributed by atoms with Crippen molar-refractivity contribution in [2.75, 3.05) is 13.1 Å². The minimum atomic E-state index is -3.56. The van der Waals surface area contributed by atoms with E-state index in [1.165, 1.54) is 28.6 Å². The number of rotatable bonds is 5. The van der Waals surface area contributed by atoms with Crippen LogP contribution in [0.3, 0.4) is 0 Å². The Morgan fingerprint density at radius 1 is 1.22 bits per heavy atom. The van der Waals surface area contributed by atoms with E-state index in [4.69, 9.17) is 9.26 Å². The Labute approximate surface area is 159 Å². The molecule has 0 spiro atoms. The van der Waals surface area contributed by atoms with Crippen molar-refractivity contribution in [2.45, 2.75) is 38.7 Å². The highest BCUT2D eigenvalue weighted by atomic mass is 32.2. The Morgan fingerprint density at radius 2 is 1.85 bits per heavy atom. The minimum absolute atomic E-state index is 0.000220. The fourth-order valence-electron chi connectivity index (χ4n) is 3.42. The number of aromatic nitrogens is 1. The lowest BCUT2D eigenvalue weighted by atomic mass is 9.94. The summed E-state index contributed by atoms with van der Waals surface area (Å²) in [6.45, 7) is 6.92. The van der Waals surface area contributed by atoms with Crippen LogP contribution in [-0.2, 0) is 21.4 Å². The molecule has 1 saturated heterocycles. The normalized spacial score (nSPS) is 21.1. The number of piperidine rings is 1. The number of hydrogen-bond donors (Lipinski definition) is 0. The van der Waals surface area contributed by atoms with Gasteiger partial charge in [-0.15, -0.1) is 0 Å². The van der Waals surface area contributed by atoms with E-state index < -0.39 is 16.0 Å². The Bertz CT molecular complexity index is 894. The fourth-order valence-corrected chi connectivity index (χ4v) is 5.10. The summed E-state index contributed by atoms with van der Waals surface area (Å²) in [4.78, 5) is 12.3. The lowest BCUT2D eigenvalue weighted by Gasteiger charge is -2.34. The molecular formula is C19H24N2O5S. The zero-order valence-electron chi connectivity index (χ0n) is 15.7. The van der Waals surface area contributed by atoms with E-state index in [2.05, 4.69) is 19.0 Å². The molecular weight excluding hydrogens is 368 g/mol. The van der Waals surface area contributed by atoms with Crippen molar-refractivity contribution in [1.29, 1.82) is 0 Å². The number of benzene rings is 1. The monoisotopic (exact) mass is 392 g/mol. The van der Waals surface area contributed by atoms with Gasteiger partial charge in [-0.1, -0.05) is 19.0 Å². The molecule has 146 valence electrons. The first-order chi connectivity index (χ1) is 12.8.